The first kappa shape index (κ1) is 10.6. The summed E-state index contributed by atoms with van der Waals surface area (Å²) in [6, 6.07) is 3.76. The zero-order chi connectivity index (χ0) is 10.8. The summed E-state index contributed by atoms with van der Waals surface area (Å²) < 4.78 is 42.1. The van der Waals surface area contributed by atoms with Gasteiger partial charge in [0, 0.05) is 5.56 Å². The monoisotopic (exact) mass is 202 g/mol. The first-order valence-electron chi connectivity index (χ1n) is 3.87. The molecule has 0 aliphatic heterocycles. The molecule has 0 bridgehead atoms. The molecule has 1 aromatic rings. The largest absolute Gasteiger partial charge is 0.496 e. The molecular formula is C10H9F3O. The summed E-state index contributed by atoms with van der Waals surface area (Å²) in [7, 11) is 1.32. The average Bonchev–Trinajstić information content (AvgIpc) is 2.15. The summed E-state index contributed by atoms with van der Waals surface area (Å²) in [6.45, 7) is 3.33. The van der Waals surface area contributed by atoms with Crippen molar-refractivity contribution in [2.75, 3.05) is 7.11 Å². The van der Waals surface area contributed by atoms with Crippen molar-refractivity contribution in [3.05, 3.63) is 35.9 Å². The van der Waals surface area contributed by atoms with Crippen LogP contribution in [0.5, 0.6) is 5.75 Å². The molecule has 0 spiro atoms. The van der Waals surface area contributed by atoms with Crippen molar-refractivity contribution >= 4 is 6.08 Å². The predicted octanol–water partition coefficient (Wildman–Crippen LogP) is 3.36. The van der Waals surface area contributed by atoms with Gasteiger partial charge in [0.25, 0.3) is 0 Å². The van der Waals surface area contributed by atoms with E-state index in [0.29, 0.717) is 0 Å². The lowest BCUT2D eigenvalue weighted by Crippen LogP contribution is -2.08. The van der Waals surface area contributed by atoms with Crippen molar-refractivity contribution < 1.29 is 17.9 Å². The normalized spacial score (nSPS) is 11.1. The molecule has 0 aliphatic rings. The minimum Gasteiger partial charge on any atom is -0.496 e. The van der Waals surface area contributed by atoms with Gasteiger partial charge in [0.1, 0.15) is 5.75 Å². The van der Waals surface area contributed by atoms with Crippen molar-refractivity contribution in [3.8, 4) is 5.75 Å². The molecule has 0 N–H and O–H groups in total. The van der Waals surface area contributed by atoms with Crippen LogP contribution in [0.1, 0.15) is 11.1 Å². The van der Waals surface area contributed by atoms with Crippen LogP contribution in [0, 0.1) is 0 Å². The molecule has 0 radical (unpaired) electrons. The molecule has 1 rings (SSSR count). The number of hydrogen-bond acceptors (Lipinski definition) is 1. The SMILES string of the molecule is C=Cc1c(OC)cccc1C(F)(F)F. The van der Waals surface area contributed by atoms with Gasteiger partial charge in [-0.2, -0.15) is 13.2 Å². The smallest absolute Gasteiger partial charge is 0.417 e. The van der Waals surface area contributed by atoms with Crippen LogP contribution in [0.2, 0.25) is 0 Å². The molecule has 0 heterocycles. The Balaban J connectivity index is 3.37. The summed E-state index contributed by atoms with van der Waals surface area (Å²) in [5, 5.41) is 0. The fourth-order valence-corrected chi connectivity index (χ4v) is 1.18. The van der Waals surface area contributed by atoms with E-state index in [4.69, 9.17) is 4.74 Å². The molecular weight excluding hydrogens is 193 g/mol. The molecule has 0 amide bonds. The van der Waals surface area contributed by atoms with Gasteiger partial charge in [-0.25, -0.2) is 0 Å². The second-order valence-corrected chi connectivity index (χ2v) is 2.62. The van der Waals surface area contributed by atoms with Gasteiger partial charge in [0.05, 0.1) is 12.7 Å². The van der Waals surface area contributed by atoms with E-state index in [9.17, 15) is 13.2 Å². The van der Waals surface area contributed by atoms with Crippen molar-refractivity contribution in [1.82, 2.24) is 0 Å². The Hall–Kier alpha value is -1.45. The van der Waals surface area contributed by atoms with Crippen LogP contribution < -0.4 is 4.74 Å². The van der Waals surface area contributed by atoms with Gasteiger partial charge in [-0.05, 0) is 12.1 Å². The topological polar surface area (TPSA) is 9.23 Å². The molecule has 0 saturated heterocycles. The molecule has 0 saturated carbocycles. The molecule has 1 aromatic carbocycles. The highest BCUT2D eigenvalue weighted by molar-refractivity contribution is 5.60. The average molecular weight is 202 g/mol. The molecule has 0 unspecified atom stereocenters. The van der Waals surface area contributed by atoms with E-state index in [1.165, 1.54) is 19.2 Å². The summed E-state index contributed by atoms with van der Waals surface area (Å²) in [5.41, 5.74) is -0.755. The van der Waals surface area contributed by atoms with E-state index in [1.807, 2.05) is 0 Å². The molecule has 14 heavy (non-hydrogen) atoms. The van der Waals surface area contributed by atoms with Crippen molar-refractivity contribution in [2.45, 2.75) is 6.18 Å². The van der Waals surface area contributed by atoms with Gasteiger partial charge in [-0.3, -0.25) is 0 Å². The van der Waals surface area contributed by atoms with Gasteiger partial charge in [-0.1, -0.05) is 18.7 Å². The van der Waals surface area contributed by atoms with Crippen LogP contribution in [0.3, 0.4) is 0 Å². The van der Waals surface area contributed by atoms with Gasteiger partial charge in [0.2, 0.25) is 0 Å². The van der Waals surface area contributed by atoms with Crippen molar-refractivity contribution in [2.24, 2.45) is 0 Å². The maximum absolute atomic E-state index is 12.4. The zero-order valence-corrected chi connectivity index (χ0v) is 7.56. The number of hydrogen-bond donors (Lipinski definition) is 0. The Morgan fingerprint density at radius 1 is 1.36 bits per heavy atom. The highest BCUT2D eigenvalue weighted by atomic mass is 19.4. The number of halogens is 3. The molecule has 0 atom stereocenters. The second-order valence-electron chi connectivity index (χ2n) is 2.62. The van der Waals surface area contributed by atoms with Crippen LogP contribution in [-0.4, -0.2) is 7.11 Å². The van der Waals surface area contributed by atoms with E-state index >= 15 is 0 Å². The van der Waals surface area contributed by atoms with E-state index in [1.54, 1.807) is 0 Å². The van der Waals surface area contributed by atoms with E-state index in [0.717, 1.165) is 12.1 Å². The first-order chi connectivity index (χ1) is 6.50. The number of benzene rings is 1. The third-order valence-electron chi connectivity index (χ3n) is 1.80. The van der Waals surface area contributed by atoms with E-state index < -0.39 is 11.7 Å². The minimum absolute atomic E-state index is 0.0255. The molecule has 0 aromatic heterocycles. The van der Waals surface area contributed by atoms with Crippen LogP contribution in [0.25, 0.3) is 6.08 Å². The fourth-order valence-electron chi connectivity index (χ4n) is 1.18. The van der Waals surface area contributed by atoms with Gasteiger partial charge in [-0.15, -0.1) is 0 Å². The standard InChI is InChI=1S/C10H9F3O/c1-3-7-8(10(11,12)13)5-4-6-9(7)14-2/h3-6H,1H2,2H3. The Kier molecular flexibility index (Phi) is 2.84. The first-order valence-corrected chi connectivity index (χ1v) is 3.87. The van der Waals surface area contributed by atoms with Crippen molar-refractivity contribution in [1.29, 1.82) is 0 Å². The predicted molar refractivity (Wildman–Crippen MR) is 48.1 cm³/mol. The molecule has 0 aliphatic carbocycles. The summed E-state index contributed by atoms with van der Waals surface area (Å²) in [5.74, 6) is 0.176. The van der Waals surface area contributed by atoms with E-state index in [-0.39, 0.29) is 11.3 Å². The van der Waals surface area contributed by atoms with Gasteiger partial charge >= 0.3 is 6.18 Å². The summed E-state index contributed by atoms with van der Waals surface area (Å²) in [4.78, 5) is 0. The Bertz CT molecular complexity index is 342. The maximum Gasteiger partial charge on any atom is 0.417 e. The number of methoxy groups -OCH3 is 1. The summed E-state index contributed by atoms with van der Waals surface area (Å²) >= 11 is 0. The molecule has 0 fully saturated rings. The lowest BCUT2D eigenvalue weighted by atomic mass is 10.1. The Morgan fingerprint density at radius 3 is 2.43 bits per heavy atom. The highest BCUT2D eigenvalue weighted by Gasteiger charge is 2.33. The Morgan fingerprint density at radius 2 is 2.00 bits per heavy atom. The van der Waals surface area contributed by atoms with Gasteiger partial charge < -0.3 is 4.74 Å². The third-order valence-corrected chi connectivity index (χ3v) is 1.80. The van der Waals surface area contributed by atoms with Crippen molar-refractivity contribution in [3.63, 3.8) is 0 Å². The lowest BCUT2D eigenvalue weighted by Gasteiger charge is -2.12. The Labute approximate surface area is 79.8 Å². The number of ether oxygens (including phenoxy) is 1. The summed E-state index contributed by atoms with van der Waals surface area (Å²) in [6.07, 6.45) is -3.24. The minimum atomic E-state index is -4.38. The number of rotatable bonds is 2. The van der Waals surface area contributed by atoms with Gasteiger partial charge in [0.15, 0.2) is 0 Å². The van der Waals surface area contributed by atoms with Crippen LogP contribution in [0.15, 0.2) is 24.8 Å². The fraction of sp³-hybridized carbons (Fsp3) is 0.200. The van der Waals surface area contributed by atoms with Crippen LogP contribution in [0.4, 0.5) is 13.2 Å². The van der Waals surface area contributed by atoms with E-state index in [2.05, 4.69) is 6.58 Å². The molecule has 4 heteroatoms. The quantitative estimate of drug-likeness (QED) is 0.714. The zero-order valence-electron chi connectivity index (χ0n) is 7.56. The highest BCUT2D eigenvalue weighted by Crippen LogP contribution is 2.36. The van der Waals surface area contributed by atoms with Crippen LogP contribution >= 0.6 is 0 Å². The maximum atomic E-state index is 12.4. The second kappa shape index (κ2) is 3.74. The molecule has 76 valence electrons. The van der Waals surface area contributed by atoms with Crippen LogP contribution in [-0.2, 0) is 6.18 Å². The lowest BCUT2D eigenvalue weighted by molar-refractivity contribution is -0.137. The molecule has 1 nitrogen and oxygen atoms in total. The third kappa shape index (κ3) is 1.89. The number of alkyl halides is 3.